The van der Waals surface area contributed by atoms with Crippen molar-refractivity contribution >= 4 is 63.9 Å². The quantitative estimate of drug-likeness (QED) is 0.232. The number of rotatable bonds is 5. The highest BCUT2D eigenvalue weighted by molar-refractivity contribution is 7.80. The van der Waals surface area contributed by atoms with Gasteiger partial charge in [-0.1, -0.05) is 23.7 Å². The summed E-state index contributed by atoms with van der Waals surface area (Å²) in [5.41, 5.74) is 2.48. The van der Waals surface area contributed by atoms with Crippen LogP contribution < -0.4 is 19.7 Å². The van der Waals surface area contributed by atoms with Crippen LogP contribution in [-0.2, 0) is 4.79 Å². The first-order chi connectivity index (χ1) is 15.4. The lowest BCUT2D eigenvalue weighted by Crippen LogP contribution is -2.30. The smallest absolute Gasteiger partial charge is 0.353 e. The monoisotopic (exact) mass is 484 g/mol. The van der Waals surface area contributed by atoms with Crippen LogP contribution in [0, 0.1) is 6.92 Å². The summed E-state index contributed by atoms with van der Waals surface area (Å²) in [5.74, 6) is -0.0978. The Hall–Kier alpha value is -3.20. The molecule has 9 heteroatoms. The van der Waals surface area contributed by atoms with Gasteiger partial charge in [-0.25, -0.2) is 4.79 Å². The Kier molecular flexibility index (Phi) is 6.27. The predicted molar refractivity (Wildman–Crippen MR) is 130 cm³/mol. The van der Waals surface area contributed by atoms with Gasteiger partial charge in [0.25, 0.3) is 5.91 Å². The molecule has 162 valence electrons. The number of hydrogen-bond acceptors (Lipinski definition) is 6. The molecule has 2 heterocycles. The third-order valence-electron chi connectivity index (χ3n) is 4.70. The minimum atomic E-state index is -0.462. The van der Waals surface area contributed by atoms with Crippen molar-refractivity contribution in [2.24, 2.45) is 0 Å². The van der Waals surface area contributed by atoms with Crippen molar-refractivity contribution in [1.82, 2.24) is 5.32 Å². The predicted octanol–water partition coefficient (Wildman–Crippen LogP) is 5.20. The molecule has 1 aromatic heterocycles. The number of anilines is 1. The van der Waals surface area contributed by atoms with Crippen LogP contribution in [-0.4, -0.2) is 24.1 Å². The first-order valence-electron chi connectivity index (χ1n) is 9.44. The van der Waals surface area contributed by atoms with Gasteiger partial charge in [0.2, 0.25) is 0 Å². The van der Waals surface area contributed by atoms with Gasteiger partial charge in [0.05, 0.1) is 12.8 Å². The van der Waals surface area contributed by atoms with E-state index < -0.39 is 5.97 Å². The van der Waals surface area contributed by atoms with E-state index in [9.17, 15) is 9.59 Å². The maximum Gasteiger partial charge on any atom is 0.353 e. The average molecular weight is 485 g/mol. The highest BCUT2D eigenvalue weighted by Crippen LogP contribution is 2.32. The molecule has 2 aromatic carbocycles. The molecule has 0 bridgehead atoms. The molecule has 1 amide bonds. The SMILES string of the molecule is COc1cc(/C=C2\NC(=S)N(c3ccc(Cl)cc3C)C2=O)ccc1OC(=O)c1cccs1. The lowest BCUT2D eigenvalue weighted by molar-refractivity contribution is -0.113. The number of carbonyl (C=O) groups is 2. The highest BCUT2D eigenvalue weighted by atomic mass is 35.5. The van der Waals surface area contributed by atoms with Gasteiger partial charge in [-0.15, -0.1) is 11.3 Å². The number of ether oxygens (including phenoxy) is 2. The first-order valence-corrected chi connectivity index (χ1v) is 11.1. The number of amides is 1. The van der Waals surface area contributed by atoms with Gasteiger partial charge in [0.15, 0.2) is 16.6 Å². The summed E-state index contributed by atoms with van der Waals surface area (Å²) in [6.07, 6.45) is 1.66. The molecule has 1 aliphatic heterocycles. The zero-order valence-electron chi connectivity index (χ0n) is 17.0. The molecular weight excluding hydrogens is 468 g/mol. The second-order valence-electron chi connectivity index (χ2n) is 6.84. The molecule has 1 fully saturated rings. The standard InChI is InChI=1S/C23H17ClN2O4S2/c1-13-10-15(24)6-7-17(13)26-21(27)16(25-23(26)31)11-14-5-8-18(19(12-14)29-2)30-22(28)20-4-3-9-32-20/h3-12H,1-2H3,(H,25,31)/b16-11-. The first kappa shape index (κ1) is 22.0. The molecule has 0 unspecified atom stereocenters. The van der Waals surface area contributed by atoms with Gasteiger partial charge < -0.3 is 14.8 Å². The number of halogens is 1. The summed E-state index contributed by atoms with van der Waals surface area (Å²) in [7, 11) is 1.48. The van der Waals surface area contributed by atoms with E-state index in [2.05, 4.69) is 5.32 Å². The number of methoxy groups -OCH3 is 1. The van der Waals surface area contributed by atoms with Crippen molar-refractivity contribution in [3.63, 3.8) is 0 Å². The van der Waals surface area contributed by atoms with Crippen LogP contribution in [0.4, 0.5) is 5.69 Å². The van der Waals surface area contributed by atoms with Crippen molar-refractivity contribution < 1.29 is 19.1 Å². The van der Waals surface area contributed by atoms with Crippen LogP contribution in [0.3, 0.4) is 0 Å². The Labute approximate surface area is 199 Å². The zero-order chi connectivity index (χ0) is 22.8. The van der Waals surface area contributed by atoms with Crippen LogP contribution >= 0.6 is 35.2 Å². The number of esters is 1. The number of hydrogen-bond donors (Lipinski definition) is 1. The Balaban J connectivity index is 1.59. The molecule has 0 atom stereocenters. The Bertz CT molecular complexity index is 1250. The normalized spacial score (nSPS) is 14.6. The Morgan fingerprint density at radius 3 is 2.69 bits per heavy atom. The molecule has 1 aliphatic rings. The molecule has 0 aliphatic carbocycles. The lowest BCUT2D eigenvalue weighted by Gasteiger charge is -2.16. The van der Waals surface area contributed by atoms with Crippen LogP contribution in [0.15, 0.2) is 59.6 Å². The minimum Gasteiger partial charge on any atom is -0.493 e. The summed E-state index contributed by atoms with van der Waals surface area (Å²) in [5, 5.41) is 5.62. The summed E-state index contributed by atoms with van der Waals surface area (Å²) < 4.78 is 10.8. The van der Waals surface area contributed by atoms with E-state index in [0.717, 1.165) is 5.56 Å². The number of benzene rings is 2. The van der Waals surface area contributed by atoms with E-state index in [4.69, 9.17) is 33.3 Å². The molecular formula is C23H17ClN2O4S2. The van der Waals surface area contributed by atoms with E-state index in [1.54, 1.807) is 60.0 Å². The fourth-order valence-corrected chi connectivity index (χ4v) is 4.31. The third kappa shape index (κ3) is 4.38. The van der Waals surface area contributed by atoms with Crippen LogP contribution in [0.5, 0.6) is 11.5 Å². The van der Waals surface area contributed by atoms with Gasteiger partial charge in [-0.3, -0.25) is 9.69 Å². The minimum absolute atomic E-state index is 0.278. The maximum absolute atomic E-state index is 13.0. The Morgan fingerprint density at radius 2 is 2.00 bits per heavy atom. The average Bonchev–Trinajstić information content (AvgIpc) is 3.39. The molecule has 3 aromatic rings. The maximum atomic E-state index is 13.0. The number of carbonyl (C=O) groups excluding carboxylic acids is 2. The van der Waals surface area contributed by atoms with E-state index in [0.29, 0.717) is 32.6 Å². The summed E-state index contributed by atoms with van der Waals surface area (Å²) in [4.78, 5) is 27.2. The van der Waals surface area contributed by atoms with Crippen LogP contribution in [0.2, 0.25) is 5.02 Å². The fraction of sp³-hybridized carbons (Fsp3) is 0.0870. The van der Waals surface area contributed by atoms with Crippen molar-refractivity contribution in [3.05, 3.63) is 80.6 Å². The van der Waals surface area contributed by atoms with Gasteiger partial charge in [-0.05, 0) is 78.1 Å². The molecule has 32 heavy (non-hydrogen) atoms. The third-order valence-corrected chi connectivity index (χ3v) is 6.07. The largest absolute Gasteiger partial charge is 0.493 e. The van der Waals surface area contributed by atoms with E-state index in [1.165, 1.54) is 23.3 Å². The highest BCUT2D eigenvalue weighted by Gasteiger charge is 2.32. The van der Waals surface area contributed by atoms with Crippen LogP contribution in [0.1, 0.15) is 20.8 Å². The second-order valence-corrected chi connectivity index (χ2v) is 8.61. The number of nitrogens with one attached hydrogen (secondary N) is 1. The lowest BCUT2D eigenvalue weighted by atomic mass is 10.1. The van der Waals surface area contributed by atoms with Crippen molar-refractivity contribution in [3.8, 4) is 11.5 Å². The summed E-state index contributed by atoms with van der Waals surface area (Å²) >= 11 is 12.7. The number of thiophene rings is 1. The van der Waals surface area contributed by atoms with Crippen molar-refractivity contribution in [2.45, 2.75) is 6.92 Å². The topological polar surface area (TPSA) is 67.9 Å². The molecule has 0 spiro atoms. The summed E-state index contributed by atoms with van der Waals surface area (Å²) in [6, 6.07) is 13.7. The van der Waals surface area contributed by atoms with Gasteiger partial charge in [-0.2, -0.15) is 0 Å². The number of nitrogens with zero attached hydrogens (tertiary/aromatic N) is 1. The van der Waals surface area contributed by atoms with Gasteiger partial charge in [0.1, 0.15) is 10.6 Å². The molecule has 0 radical (unpaired) electrons. The Morgan fingerprint density at radius 1 is 1.19 bits per heavy atom. The number of thiocarbonyl (C=S) groups is 1. The fourth-order valence-electron chi connectivity index (χ4n) is 3.19. The zero-order valence-corrected chi connectivity index (χ0v) is 19.4. The molecule has 1 N–H and O–H groups in total. The van der Waals surface area contributed by atoms with Crippen LogP contribution in [0.25, 0.3) is 6.08 Å². The van der Waals surface area contributed by atoms with Gasteiger partial charge in [0, 0.05) is 5.02 Å². The van der Waals surface area contributed by atoms with Crippen molar-refractivity contribution in [1.29, 1.82) is 0 Å². The number of aryl methyl sites for hydroxylation is 1. The van der Waals surface area contributed by atoms with E-state index >= 15 is 0 Å². The summed E-state index contributed by atoms with van der Waals surface area (Å²) in [6.45, 7) is 1.86. The molecule has 1 saturated heterocycles. The molecule has 6 nitrogen and oxygen atoms in total. The molecule has 0 saturated carbocycles. The van der Waals surface area contributed by atoms with Crippen molar-refractivity contribution in [2.75, 3.05) is 12.0 Å². The van der Waals surface area contributed by atoms with Gasteiger partial charge >= 0.3 is 5.97 Å². The molecule has 4 rings (SSSR count). The second kappa shape index (κ2) is 9.12. The van der Waals surface area contributed by atoms with E-state index in [1.807, 2.05) is 6.92 Å². The van der Waals surface area contributed by atoms with E-state index in [-0.39, 0.29) is 16.8 Å².